The molecule has 0 heterocycles. The van der Waals surface area contributed by atoms with Crippen LogP contribution in [-0.4, -0.2) is 0 Å². The Morgan fingerprint density at radius 1 is 0.231 bits per heavy atom. The molecule has 0 bridgehead atoms. The summed E-state index contributed by atoms with van der Waals surface area (Å²) in [5, 5.41) is -7.13. The summed E-state index contributed by atoms with van der Waals surface area (Å²) in [6, 6.07) is -37.5. The molecule has 0 N–H and O–H groups in total. The normalized spacial score (nSPS) is 20.6. The zero-order chi connectivity index (χ0) is 64.0. The summed E-state index contributed by atoms with van der Waals surface area (Å²) in [5.74, 6) is 0. The van der Waals surface area contributed by atoms with Crippen LogP contribution in [0.4, 0.5) is 0 Å². The summed E-state index contributed by atoms with van der Waals surface area (Å²) in [5.41, 5.74) is -10.2. The van der Waals surface area contributed by atoms with E-state index in [4.69, 9.17) is 30.2 Å². The number of benzene rings is 10. The van der Waals surface area contributed by atoms with Crippen LogP contribution in [0.1, 0.15) is 46.6 Å². The Labute approximate surface area is 351 Å². The van der Waals surface area contributed by atoms with Crippen LogP contribution < -0.4 is 0 Å². The molecular weight excluding hydrogens is 625 g/mol. The second-order valence-corrected chi connectivity index (χ2v) is 11.0. The molecule has 0 spiro atoms. The van der Waals surface area contributed by atoms with E-state index in [1.54, 1.807) is 0 Å². The molecule has 0 aromatic heterocycles. The molecule has 0 fully saturated rings. The third-order valence-electron chi connectivity index (χ3n) is 8.12. The maximum absolute atomic E-state index is 10.5. The number of hydrogen-bond donors (Lipinski definition) is 0. The van der Waals surface area contributed by atoms with Crippen LogP contribution >= 0.6 is 0 Å². The van der Waals surface area contributed by atoms with Gasteiger partial charge >= 0.3 is 0 Å². The molecule has 0 aliphatic rings. The monoisotopic (exact) mass is 692 g/mol. The van der Waals surface area contributed by atoms with Gasteiger partial charge in [0.15, 0.2) is 0 Å². The first-order valence-electron chi connectivity index (χ1n) is 32.2. The minimum atomic E-state index is -1.31. The molecule has 10 rings (SSSR count). The van der Waals surface area contributed by atoms with Gasteiger partial charge in [-0.1, -0.05) is 181 Å². The molecule has 0 heteroatoms. The van der Waals surface area contributed by atoms with Gasteiger partial charge in [-0.2, -0.15) is 0 Å². The SMILES string of the molecule is [2H]c1c([2H])c([2H])c(-c2c([2H])c(-c3c([2H])c([2H])c([2H])c([2H])c3[2H])c([2H])c(-c3c4c([2H])c([2H])c([2H])c([2H])c4c(-c4c([2H])c([2H])c([2H])c5c([2H])c([2H])c([2H])c([2H])c45)c4c([2H])c([2H])c(-c5c([2H])c([2H])c([2H])c6c([2H])c([2H])c([2H])c([2H])c56)c([2H])c34)c2[2H])c([2H])c1[2H]. The lowest BCUT2D eigenvalue weighted by molar-refractivity contribution is 1.58. The summed E-state index contributed by atoms with van der Waals surface area (Å²) in [4.78, 5) is 0. The Hall–Kier alpha value is -6.76. The van der Waals surface area contributed by atoms with Crippen LogP contribution in [0.5, 0.6) is 0 Å². The fraction of sp³-hybridized carbons (Fsp3) is 0. The third-order valence-corrected chi connectivity index (χ3v) is 8.12. The standard InChI is InChI=1S/C52H34/c1-3-15-35(16-4-1)40-31-41(36-17-5-2-6-18-36)33-42(32-40)51-47-25-11-12-26-48(47)52(46-28-14-22-38-20-8-10-24-44(38)46)49-30-29-39(34-50(49)51)45-27-13-21-37-19-7-9-23-43(37)45/h1-34H/i1D,2D,3D,4D,5D,6D,7D,8D,9D,10D,11D,12D,13D,14D,15D,16D,17D,18D,19D,20D,21D,22D,23D,24D,25D,26D,27D,28D,29D,30D,31D,32D,33D,34D. The lowest BCUT2D eigenvalue weighted by Gasteiger charge is -2.21. The van der Waals surface area contributed by atoms with E-state index in [0.29, 0.717) is 0 Å². The summed E-state index contributed by atoms with van der Waals surface area (Å²) in [6.45, 7) is 0. The summed E-state index contributed by atoms with van der Waals surface area (Å²) >= 11 is 0. The van der Waals surface area contributed by atoms with Gasteiger partial charge in [0.25, 0.3) is 0 Å². The van der Waals surface area contributed by atoms with Crippen molar-refractivity contribution >= 4 is 43.1 Å². The topological polar surface area (TPSA) is 0 Å². The quantitative estimate of drug-likeness (QED) is 0.158. The Bertz CT molecular complexity index is 4740. The maximum Gasteiger partial charge on any atom is 0.0636 e. The van der Waals surface area contributed by atoms with E-state index in [1.807, 2.05) is 0 Å². The maximum atomic E-state index is 10.5. The third kappa shape index (κ3) is 5.08. The average Bonchev–Trinajstić information content (AvgIpc) is 0.732. The van der Waals surface area contributed by atoms with Crippen LogP contribution in [0.15, 0.2) is 205 Å². The van der Waals surface area contributed by atoms with Gasteiger partial charge in [-0.3, -0.25) is 0 Å². The van der Waals surface area contributed by atoms with E-state index >= 15 is 0 Å². The molecule has 0 saturated heterocycles. The highest BCUT2D eigenvalue weighted by Gasteiger charge is 2.20. The van der Waals surface area contributed by atoms with Crippen molar-refractivity contribution in [3.05, 3.63) is 205 Å². The van der Waals surface area contributed by atoms with Gasteiger partial charge < -0.3 is 0 Å². The first kappa shape index (κ1) is 11.4. The van der Waals surface area contributed by atoms with Gasteiger partial charge in [0.1, 0.15) is 0 Å². The van der Waals surface area contributed by atoms with Gasteiger partial charge in [0.05, 0.1) is 46.6 Å². The van der Waals surface area contributed by atoms with Crippen LogP contribution in [0.25, 0.3) is 98.7 Å². The van der Waals surface area contributed by atoms with Crippen LogP contribution in [-0.2, 0) is 0 Å². The average molecular weight is 693 g/mol. The van der Waals surface area contributed by atoms with Gasteiger partial charge in [0.2, 0.25) is 0 Å². The second kappa shape index (κ2) is 12.5. The van der Waals surface area contributed by atoms with Crippen molar-refractivity contribution in [1.82, 2.24) is 0 Å². The zero-order valence-corrected chi connectivity index (χ0v) is 26.0. The Morgan fingerprint density at radius 2 is 0.673 bits per heavy atom. The molecule has 0 radical (unpaired) electrons. The smallest absolute Gasteiger partial charge is 0.0622 e. The number of fused-ring (bicyclic) bond motifs is 4. The first-order chi connectivity index (χ1) is 40.0. The minimum absolute atomic E-state index is 0.747. The summed E-state index contributed by atoms with van der Waals surface area (Å²) in [6.07, 6.45) is 0. The van der Waals surface area contributed by atoms with Crippen molar-refractivity contribution < 1.29 is 46.6 Å². The minimum Gasteiger partial charge on any atom is -0.0622 e. The lowest BCUT2D eigenvalue weighted by atomic mass is 9.82. The summed E-state index contributed by atoms with van der Waals surface area (Å²) < 4.78 is 312. The zero-order valence-electron chi connectivity index (χ0n) is 60.0. The van der Waals surface area contributed by atoms with Crippen LogP contribution in [0.2, 0.25) is 0 Å². The molecule has 0 atom stereocenters. The van der Waals surface area contributed by atoms with Crippen LogP contribution in [0, 0.1) is 0 Å². The fourth-order valence-corrected chi connectivity index (χ4v) is 5.94. The Balaban J connectivity index is 1.67. The van der Waals surface area contributed by atoms with Crippen molar-refractivity contribution in [1.29, 1.82) is 0 Å². The largest absolute Gasteiger partial charge is 0.0636 e. The molecular formula is C52H34. The van der Waals surface area contributed by atoms with E-state index in [0.717, 1.165) is 0 Å². The van der Waals surface area contributed by atoms with Crippen molar-refractivity contribution in [2.24, 2.45) is 0 Å². The highest BCUT2D eigenvalue weighted by Crippen LogP contribution is 2.47. The number of rotatable bonds is 5. The molecule has 0 amide bonds. The molecule has 242 valence electrons. The van der Waals surface area contributed by atoms with Gasteiger partial charge in [-0.25, -0.2) is 0 Å². The predicted molar refractivity (Wildman–Crippen MR) is 224 cm³/mol. The van der Waals surface area contributed by atoms with E-state index in [9.17, 15) is 16.4 Å². The number of hydrogen-bond acceptors (Lipinski definition) is 0. The molecule has 0 saturated carbocycles. The van der Waals surface area contributed by atoms with Crippen molar-refractivity contribution in [3.8, 4) is 55.6 Å². The molecule has 52 heavy (non-hydrogen) atoms. The van der Waals surface area contributed by atoms with E-state index in [1.165, 1.54) is 0 Å². The predicted octanol–water partition coefficient (Wildman–Crippen LogP) is 14.6. The lowest BCUT2D eigenvalue weighted by Crippen LogP contribution is -1.94. The molecule has 10 aromatic carbocycles. The van der Waals surface area contributed by atoms with Gasteiger partial charge in [-0.15, -0.1) is 0 Å². The molecule has 0 unspecified atom stereocenters. The van der Waals surface area contributed by atoms with Gasteiger partial charge in [-0.05, 0) is 123 Å². The van der Waals surface area contributed by atoms with Crippen molar-refractivity contribution in [2.45, 2.75) is 0 Å². The highest BCUT2D eigenvalue weighted by atomic mass is 14.2. The van der Waals surface area contributed by atoms with Crippen LogP contribution in [0.3, 0.4) is 0 Å². The van der Waals surface area contributed by atoms with E-state index in [-0.39, 0.29) is 0 Å². The molecule has 0 aliphatic heterocycles. The fourth-order valence-electron chi connectivity index (χ4n) is 5.94. The van der Waals surface area contributed by atoms with E-state index < -0.39 is 304 Å². The molecule has 0 nitrogen and oxygen atoms in total. The Kier molecular flexibility index (Phi) is 2.74. The van der Waals surface area contributed by atoms with E-state index in [2.05, 4.69) is 0 Å². The molecule has 0 aliphatic carbocycles. The second-order valence-electron chi connectivity index (χ2n) is 11.0. The first-order valence-corrected chi connectivity index (χ1v) is 15.2. The Morgan fingerprint density at radius 3 is 1.29 bits per heavy atom. The summed E-state index contributed by atoms with van der Waals surface area (Å²) in [7, 11) is 0. The molecule has 10 aromatic rings. The van der Waals surface area contributed by atoms with Crippen molar-refractivity contribution in [3.63, 3.8) is 0 Å². The van der Waals surface area contributed by atoms with Crippen molar-refractivity contribution in [2.75, 3.05) is 0 Å². The van der Waals surface area contributed by atoms with Gasteiger partial charge in [0, 0.05) is 0 Å². The highest BCUT2D eigenvalue weighted by molar-refractivity contribution is 6.24.